The first kappa shape index (κ1) is 19.5. The van der Waals surface area contributed by atoms with Gasteiger partial charge in [0, 0.05) is 24.2 Å². The molecule has 0 radical (unpaired) electrons. The highest BCUT2D eigenvalue weighted by Gasteiger charge is 2.18. The van der Waals surface area contributed by atoms with Crippen LogP contribution < -0.4 is 19.5 Å². The molecule has 28 heavy (non-hydrogen) atoms. The Labute approximate surface area is 164 Å². The molecule has 0 fully saturated rings. The van der Waals surface area contributed by atoms with Crippen molar-refractivity contribution in [1.29, 1.82) is 0 Å². The van der Waals surface area contributed by atoms with Crippen LogP contribution in [-0.2, 0) is 0 Å². The lowest BCUT2D eigenvalue weighted by Gasteiger charge is -2.15. The van der Waals surface area contributed by atoms with Crippen LogP contribution in [0.5, 0.6) is 17.2 Å². The summed E-state index contributed by atoms with van der Waals surface area (Å²) in [4.78, 5) is 16.9. The van der Waals surface area contributed by atoms with Gasteiger partial charge in [-0.2, -0.15) is 0 Å². The van der Waals surface area contributed by atoms with E-state index in [1.54, 1.807) is 21.3 Å². The topological polar surface area (TPSA) is 74.6 Å². The molecule has 148 valence electrons. The zero-order chi connectivity index (χ0) is 20.3. The van der Waals surface area contributed by atoms with Crippen LogP contribution in [0.15, 0.2) is 30.3 Å². The summed E-state index contributed by atoms with van der Waals surface area (Å²) in [7, 11) is 4.74. The molecule has 1 N–H and O–H groups in total. The first-order chi connectivity index (χ1) is 13.5. The third-order valence-corrected chi connectivity index (χ3v) is 4.53. The van der Waals surface area contributed by atoms with Crippen LogP contribution >= 0.6 is 0 Å². The van der Waals surface area contributed by atoms with Gasteiger partial charge in [-0.3, -0.25) is 9.36 Å². The van der Waals surface area contributed by atoms with Gasteiger partial charge in [0.1, 0.15) is 5.82 Å². The van der Waals surface area contributed by atoms with Gasteiger partial charge in [-0.15, -0.1) is 0 Å². The molecule has 0 bridgehead atoms. The molecule has 0 aliphatic carbocycles. The molecule has 0 aliphatic rings. The van der Waals surface area contributed by atoms with Crippen molar-refractivity contribution in [2.45, 2.75) is 20.3 Å². The standard InChI is InChI=1S/C21H25N3O4/c1-6-9-22-21(25)14-7-8-17-16(10-14)23-13(2)24(17)15-11-18(26-3)20(28-5)19(12-15)27-4/h7-8,10-12H,6,9H2,1-5H3,(H,22,25). The first-order valence-electron chi connectivity index (χ1n) is 9.11. The molecule has 1 amide bonds. The Morgan fingerprint density at radius 3 is 2.32 bits per heavy atom. The fourth-order valence-electron chi connectivity index (χ4n) is 3.20. The second-order valence-corrected chi connectivity index (χ2v) is 6.34. The number of ether oxygens (including phenoxy) is 3. The summed E-state index contributed by atoms with van der Waals surface area (Å²) in [6, 6.07) is 9.26. The van der Waals surface area contributed by atoms with Crippen molar-refractivity contribution in [3.63, 3.8) is 0 Å². The zero-order valence-corrected chi connectivity index (χ0v) is 16.8. The summed E-state index contributed by atoms with van der Waals surface area (Å²) in [6.45, 7) is 4.59. The van der Waals surface area contributed by atoms with Crippen molar-refractivity contribution in [1.82, 2.24) is 14.9 Å². The maximum Gasteiger partial charge on any atom is 0.251 e. The number of amides is 1. The average molecular weight is 383 g/mol. The molecule has 1 heterocycles. The van der Waals surface area contributed by atoms with Crippen LogP contribution in [-0.4, -0.2) is 43.3 Å². The molecule has 0 spiro atoms. The summed E-state index contributed by atoms with van der Waals surface area (Å²) in [5.41, 5.74) is 3.06. The number of methoxy groups -OCH3 is 3. The van der Waals surface area contributed by atoms with Crippen molar-refractivity contribution >= 4 is 16.9 Å². The number of hydrogen-bond donors (Lipinski definition) is 1. The number of aromatic nitrogens is 2. The minimum Gasteiger partial charge on any atom is -0.493 e. The lowest BCUT2D eigenvalue weighted by molar-refractivity contribution is 0.0954. The largest absolute Gasteiger partial charge is 0.493 e. The van der Waals surface area contributed by atoms with Crippen LogP contribution in [0.1, 0.15) is 29.5 Å². The molecular weight excluding hydrogens is 358 g/mol. The summed E-state index contributed by atoms with van der Waals surface area (Å²) >= 11 is 0. The second kappa shape index (κ2) is 8.21. The maximum absolute atomic E-state index is 12.3. The number of nitrogens with one attached hydrogen (secondary N) is 1. The number of fused-ring (bicyclic) bond motifs is 1. The third-order valence-electron chi connectivity index (χ3n) is 4.53. The molecule has 3 rings (SSSR count). The van der Waals surface area contributed by atoms with Gasteiger partial charge >= 0.3 is 0 Å². The van der Waals surface area contributed by atoms with Crippen LogP contribution in [0, 0.1) is 6.92 Å². The highest BCUT2D eigenvalue weighted by atomic mass is 16.5. The van der Waals surface area contributed by atoms with E-state index in [1.807, 2.05) is 48.7 Å². The molecule has 2 aromatic carbocycles. The van der Waals surface area contributed by atoms with Crippen LogP contribution in [0.4, 0.5) is 0 Å². The molecule has 0 unspecified atom stereocenters. The Morgan fingerprint density at radius 1 is 1.07 bits per heavy atom. The number of rotatable bonds is 7. The lowest BCUT2D eigenvalue weighted by atomic mass is 10.1. The summed E-state index contributed by atoms with van der Waals surface area (Å²) < 4.78 is 18.3. The summed E-state index contributed by atoms with van der Waals surface area (Å²) in [5, 5.41) is 2.89. The minimum atomic E-state index is -0.0938. The van der Waals surface area contributed by atoms with Gasteiger partial charge in [-0.05, 0) is 31.5 Å². The number of imidazole rings is 1. The third kappa shape index (κ3) is 3.47. The van der Waals surface area contributed by atoms with E-state index in [0.29, 0.717) is 29.4 Å². The molecule has 7 heteroatoms. The molecule has 1 aromatic heterocycles. The Morgan fingerprint density at radius 2 is 1.75 bits per heavy atom. The lowest BCUT2D eigenvalue weighted by Crippen LogP contribution is -2.23. The van der Waals surface area contributed by atoms with Gasteiger partial charge in [0.25, 0.3) is 5.91 Å². The van der Waals surface area contributed by atoms with E-state index < -0.39 is 0 Å². The van der Waals surface area contributed by atoms with Gasteiger partial charge in [0.15, 0.2) is 11.5 Å². The fraction of sp³-hybridized carbons (Fsp3) is 0.333. The molecule has 3 aromatic rings. The van der Waals surface area contributed by atoms with E-state index in [2.05, 4.69) is 10.3 Å². The predicted octanol–water partition coefficient (Wildman–Crippen LogP) is 3.50. The first-order valence-corrected chi connectivity index (χ1v) is 9.11. The van der Waals surface area contributed by atoms with Crippen molar-refractivity contribution in [2.75, 3.05) is 27.9 Å². The molecule has 0 atom stereocenters. The van der Waals surface area contributed by atoms with Gasteiger partial charge in [-0.1, -0.05) is 6.92 Å². The number of carbonyl (C=O) groups excluding carboxylic acids is 1. The van der Waals surface area contributed by atoms with E-state index in [4.69, 9.17) is 14.2 Å². The molecule has 0 saturated heterocycles. The van der Waals surface area contributed by atoms with Crippen molar-refractivity contribution in [2.24, 2.45) is 0 Å². The number of aryl methyl sites for hydroxylation is 1. The summed E-state index contributed by atoms with van der Waals surface area (Å²) in [6.07, 6.45) is 0.892. The number of nitrogens with zero attached hydrogens (tertiary/aromatic N) is 2. The van der Waals surface area contributed by atoms with Gasteiger partial charge in [0.05, 0.1) is 38.1 Å². The molecule has 0 saturated carbocycles. The Balaban J connectivity index is 2.11. The minimum absolute atomic E-state index is 0.0938. The van der Waals surface area contributed by atoms with E-state index in [-0.39, 0.29) is 5.91 Å². The van der Waals surface area contributed by atoms with E-state index in [0.717, 1.165) is 29.0 Å². The Kier molecular flexibility index (Phi) is 5.73. The average Bonchev–Trinajstić information content (AvgIpc) is 3.05. The molecule has 0 aliphatic heterocycles. The summed E-state index contributed by atoms with van der Waals surface area (Å²) in [5.74, 6) is 2.35. The SMILES string of the molecule is CCCNC(=O)c1ccc2c(c1)nc(C)n2-c1cc(OC)c(OC)c(OC)c1. The maximum atomic E-state index is 12.3. The highest BCUT2D eigenvalue weighted by Crippen LogP contribution is 2.40. The zero-order valence-electron chi connectivity index (χ0n) is 16.8. The van der Waals surface area contributed by atoms with E-state index in [1.165, 1.54) is 0 Å². The van der Waals surface area contributed by atoms with Crippen molar-refractivity contribution in [3.8, 4) is 22.9 Å². The van der Waals surface area contributed by atoms with Gasteiger partial charge in [-0.25, -0.2) is 4.98 Å². The van der Waals surface area contributed by atoms with Crippen molar-refractivity contribution < 1.29 is 19.0 Å². The van der Waals surface area contributed by atoms with Crippen LogP contribution in [0.3, 0.4) is 0 Å². The Bertz CT molecular complexity index is 985. The molecule has 7 nitrogen and oxygen atoms in total. The van der Waals surface area contributed by atoms with Gasteiger partial charge < -0.3 is 19.5 Å². The fourth-order valence-corrected chi connectivity index (χ4v) is 3.20. The number of benzene rings is 2. The quantitative estimate of drug-likeness (QED) is 0.676. The Hall–Kier alpha value is -3.22. The van der Waals surface area contributed by atoms with Crippen LogP contribution in [0.25, 0.3) is 16.7 Å². The van der Waals surface area contributed by atoms with Crippen molar-refractivity contribution in [3.05, 3.63) is 41.7 Å². The van der Waals surface area contributed by atoms with Crippen LogP contribution in [0.2, 0.25) is 0 Å². The van der Waals surface area contributed by atoms with Gasteiger partial charge in [0.2, 0.25) is 5.75 Å². The smallest absolute Gasteiger partial charge is 0.251 e. The number of hydrogen-bond acceptors (Lipinski definition) is 5. The monoisotopic (exact) mass is 383 g/mol. The normalized spacial score (nSPS) is 10.8. The predicted molar refractivity (Wildman–Crippen MR) is 108 cm³/mol. The molecular formula is C21H25N3O4. The van der Waals surface area contributed by atoms with E-state index in [9.17, 15) is 4.79 Å². The van der Waals surface area contributed by atoms with E-state index >= 15 is 0 Å². The second-order valence-electron chi connectivity index (χ2n) is 6.34. The highest BCUT2D eigenvalue weighted by molar-refractivity contribution is 5.97. The number of carbonyl (C=O) groups is 1.